The van der Waals surface area contributed by atoms with Gasteiger partial charge in [0.15, 0.2) is 0 Å². The maximum atomic E-state index is 11.5. The predicted molar refractivity (Wildman–Crippen MR) is 57.6 cm³/mol. The number of hydrogen-bond donors (Lipinski definition) is 2. The first-order valence-electron chi connectivity index (χ1n) is 4.30. The van der Waals surface area contributed by atoms with E-state index < -0.39 is 0 Å². The highest BCUT2D eigenvalue weighted by Crippen LogP contribution is 2.06. The maximum absolute atomic E-state index is 11.5. The summed E-state index contributed by atoms with van der Waals surface area (Å²) in [6.07, 6.45) is 0.697. The summed E-state index contributed by atoms with van der Waals surface area (Å²) in [4.78, 5) is 16.3. The lowest BCUT2D eigenvalue weighted by Crippen LogP contribution is -2.48. The molecule has 3 N–H and O–H groups in total. The standard InChI is InChI=1S/C8H19N3O2.ClH/c1-6(2)5-7(10-9)8(12)11(3)13-4;/h6-7,10H,5,9H2,1-4H3;1H/t7-;/m0./s1. The van der Waals surface area contributed by atoms with Crippen LogP contribution in [0.2, 0.25) is 0 Å². The number of nitrogens with zero attached hydrogens (tertiary/aromatic N) is 1. The quantitative estimate of drug-likeness (QED) is 0.522. The zero-order chi connectivity index (χ0) is 10.4. The molecule has 1 amide bonds. The lowest BCUT2D eigenvalue weighted by atomic mass is 10.0. The molecule has 0 fully saturated rings. The first-order valence-corrected chi connectivity index (χ1v) is 4.30. The molecule has 0 aromatic rings. The molecule has 5 nitrogen and oxygen atoms in total. The average Bonchev–Trinajstić information content (AvgIpc) is 2.11. The molecule has 0 spiro atoms. The van der Waals surface area contributed by atoms with Gasteiger partial charge in [-0.25, -0.2) is 10.5 Å². The first-order chi connectivity index (χ1) is 6.02. The van der Waals surface area contributed by atoms with Gasteiger partial charge in [-0.15, -0.1) is 12.4 Å². The van der Waals surface area contributed by atoms with Crippen LogP contribution in [0.3, 0.4) is 0 Å². The molecule has 1 atom stereocenters. The molecule has 0 aliphatic heterocycles. The third-order valence-electron chi connectivity index (χ3n) is 1.79. The Morgan fingerprint density at radius 3 is 2.36 bits per heavy atom. The molecule has 0 aliphatic carbocycles. The Morgan fingerprint density at radius 1 is 1.57 bits per heavy atom. The van der Waals surface area contributed by atoms with Crippen molar-refractivity contribution in [3.63, 3.8) is 0 Å². The summed E-state index contributed by atoms with van der Waals surface area (Å²) in [7, 11) is 3.01. The van der Waals surface area contributed by atoms with E-state index >= 15 is 0 Å². The minimum absolute atomic E-state index is 0. The highest BCUT2D eigenvalue weighted by Gasteiger charge is 2.21. The SMILES string of the molecule is CON(C)C(=O)[C@H](CC(C)C)NN.Cl. The fourth-order valence-electron chi connectivity index (χ4n) is 1.02. The number of hydrogen-bond acceptors (Lipinski definition) is 4. The fraction of sp³-hybridized carbons (Fsp3) is 0.875. The Balaban J connectivity index is 0. The van der Waals surface area contributed by atoms with Gasteiger partial charge in [-0.05, 0) is 12.3 Å². The number of nitrogens with two attached hydrogens (primary N) is 1. The summed E-state index contributed by atoms with van der Waals surface area (Å²) in [5, 5.41) is 1.17. The van der Waals surface area contributed by atoms with Crippen LogP contribution < -0.4 is 11.3 Å². The highest BCUT2D eigenvalue weighted by molar-refractivity contribution is 5.85. The monoisotopic (exact) mass is 225 g/mol. The molecule has 0 aromatic heterocycles. The summed E-state index contributed by atoms with van der Waals surface area (Å²) in [6, 6.07) is -0.370. The Kier molecular flexibility index (Phi) is 9.18. The Bertz CT molecular complexity index is 167. The minimum atomic E-state index is -0.370. The third kappa shape index (κ3) is 5.39. The van der Waals surface area contributed by atoms with Crippen molar-refractivity contribution in [3.8, 4) is 0 Å². The second kappa shape index (κ2) is 7.99. The van der Waals surface area contributed by atoms with E-state index in [4.69, 9.17) is 10.7 Å². The van der Waals surface area contributed by atoms with Crippen molar-refractivity contribution in [1.29, 1.82) is 0 Å². The van der Waals surface area contributed by atoms with Crippen molar-refractivity contribution >= 4 is 18.3 Å². The third-order valence-corrected chi connectivity index (χ3v) is 1.79. The van der Waals surface area contributed by atoms with Crippen LogP contribution in [-0.4, -0.2) is 31.2 Å². The van der Waals surface area contributed by atoms with Crippen LogP contribution in [0.1, 0.15) is 20.3 Å². The Morgan fingerprint density at radius 2 is 2.07 bits per heavy atom. The van der Waals surface area contributed by atoms with E-state index in [1.165, 1.54) is 12.2 Å². The van der Waals surface area contributed by atoms with Crippen molar-refractivity contribution in [3.05, 3.63) is 0 Å². The van der Waals surface area contributed by atoms with Gasteiger partial charge in [0.1, 0.15) is 6.04 Å². The van der Waals surface area contributed by atoms with Gasteiger partial charge in [0.25, 0.3) is 5.91 Å². The highest BCUT2D eigenvalue weighted by atomic mass is 35.5. The fourth-order valence-corrected chi connectivity index (χ4v) is 1.02. The number of carbonyl (C=O) groups excluding carboxylic acids is 1. The molecule has 0 heterocycles. The Labute approximate surface area is 91.3 Å². The van der Waals surface area contributed by atoms with Crippen molar-refractivity contribution in [2.75, 3.05) is 14.2 Å². The molecule has 6 heteroatoms. The van der Waals surface area contributed by atoms with E-state index in [-0.39, 0.29) is 24.4 Å². The number of rotatable bonds is 5. The number of likely N-dealkylation sites (N-methyl/N-ethyl adjacent to an activating group) is 1. The predicted octanol–water partition coefficient (Wildman–Crippen LogP) is 0.306. The number of nitrogens with one attached hydrogen (secondary N) is 1. The van der Waals surface area contributed by atoms with Gasteiger partial charge in [-0.1, -0.05) is 13.8 Å². The van der Waals surface area contributed by atoms with Crippen molar-refractivity contribution in [1.82, 2.24) is 10.5 Å². The molecule has 14 heavy (non-hydrogen) atoms. The van der Waals surface area contributed by atoms with E-state index in [1.54, 1.807) is 7.05 Å². The molecule has 0 rings (SSSR count). The van der Waals surface area contributed by atoms with E-state index in [0.29, 0.717) is 12.3 Å². The van der Waals surface area contributed by atoms with Gasteiger partial charge in [0.2, 0.25) is 0 Å². The number of amides is 1. The summed E-state index contributed by atoms with van der Waals surface area (Å²) < 4.78 is 0. The summed E-state index contributed by atoms with van der Waals surface area (Å²) >= 11 is 0. The second-order valence-electron chi connectivity index (χ2n) is 3.37. The molecule has 0 aliphatic rings. The van der Waals surface area contributed by atoms with E-state index in [9.17, 15) is 4.79 Å². The molecule has 0 saturated carbocycles. The van der Waals surface area contributed by atoms with Gasteiger partial charge in [0.05, 0.1) is 7.11 Å². The second-order valence-corrected chi connectivity index (χ2v) is 3.37. The van der Waals surface area contributed by atoms with Gasteiger partial charge >= 0.3 is 0 Å². The zero-order valence-corrected chi connectivity index (χ0v) is 9.93. The minimum Gasteiger partial charge on any atom is -0.275 e. The van der Waals surface area contributed by atoms with Gasteiger partial charge in [0, 0.05) is 7.05 Å². The van der Waals surface area contributed by atoms with Crippen molar-refractivity contribution in [2.45, 2.75) is 26.3 Å². The molecule has 0 radical (unpaired) electrons. The summed E-state index contributed by atoms with van der Waals surface area (Å²) in [5.41, 5.74) is 2.48. The molecule has 0 unspecified atom stereocenters. The number of carbonyl (C=O) groups is 1. The van der Waals surface area contributed by atoms with Crippen molar-refractivity contribution < 1.29 is 9.63 Å². The van der Waals surface area contributed by atoms with Gasteiger partial charge in [-0.3, -0.25) is 15.5 Å². The first kappa shape index (κ1) is 16.1. The molecule has 0 aromatic carbocycles. The van der Waals surface area contributed by atoms with Crippen LogP contribution in [0.25, 0.3) is 0 Å². The van der Waals surface area contributed by atoms with E-state index in [2.05, 4.69) is 5.43 Å². The van der Waals surface area contributed by atoms with Crippen LogP contribution in [0.15, 0.2) is 0 Å². The Hall–Kier alpha value is -0.360. The summed E-state index contributed by atoms with van der Waals surface area (Å²) in [5.74, 6) is 5.52. The van der Waals surface area contributed by atoms with Crippen LogP contribution in [0.4, 0.5) is 0 Å². The normalized spacial score (nSPS) is 12.1. The van der Waals surface area contributed by atoms with Crippen molar-refractivity contribution in [2.24, 2.45) is 11.8 Å². The van der Waals surface area contributed by atoms with Crippen LogP contribution in [-0.2, 0) is 9.63 Å². The lowest BCUT2D eigenvalue weighted by Gasteiger charge is -2.22. The van der Waals surface area contributed by atoms with Crippen LogP contribution in [0.5, 0.6) is 0 Å². The zero-order valence-electron chi connectivity index (χ0n) is 9.11. The summed E-state index contributed by atoms with van der Waals surface area (Å²) in [6.45, 7) is 4.06. The van der Waals surface area contributed by atoms with Crippen LogP contribution in [0, 0.1) is 5.92 Å². The molecular formula is C8H20ClN3O2. The van der Waals surface area contributed by atoms with Gasteiger partial charge in [-0.2, -0.15) is 0 Å². The molecule has 0 bridgehead atoms. The number of halogens is 1. The van der Waals surface area contributed by atoms with E-state index in [0.717, 1.165) is 0 Å². The average molecular weight is 226 g/mol. The lowest BCUT2D eigenvalue weighted by molar-refractivity contribution is -0.171. The number of hydrazine groups is 1. The largest absolute Gasteiger partial charge is 0.275 e. The molecular weight excluding hydrogens is 206 g/mol. The smallest absolute Gasteiger partial charge is 0.264 e. The molecule has 86 valence electrons. The van der Waals surface area contributed by atoms with Gasteiger partial charge < -0.3 is 0 Å². The molecule has 0 saturated heterocycles. The van der Waals surface area contributed by atoms with Crippen LogP contribution >= 0.6 is 12.4 Å². The topological polar surface area (TPSA) is 67.6 Å². The number of hydroxylamine groups is 2. The van der Waals surface area contributed by atoms with E-state index in [1.807, 2.05) is 13.8 Å². The maximum Gasteiger partial charge on any atom is 0.264 e.